The predicted molar refractivity (Wildman–Crippen MR) is 129 cm³/mol. The van der Waals surface area contributed by atoms with Gasteiger partial charge in [0, 0.05) is 29.3 Å². The highest BCUT2D eigenvalue weighted by Crippen LogP contribution is 2.19. The van der Waals surface area contributed by atoms with Crippen LogP contribution >= 0.6 is 0 Å². The molecule has 1 N–H and O–H groups in total. The van der Waals surface area contributed by atoms with Gasteiger partial charge in [-0.1, -0.05) is 48.5 Å². The highest BCUT2D eigenvalue weighted by molar-refractivity contribution is 6.15. The van der Waals surface area contributed by atoms with Crippen LogP contribution in [0, 0.1) is 0 Å². The smallest absolute Gasteiger partial charge is 0.266 e. The second-order valence-corrected chi connectivity index (χ2v) is 7.51. The van der Waals surface area contributed by atoms with E-state index >= 15 is 0 Å². The Balaban J connectivity index is 1.46. The lowest BCUT2D eigenvalue weighted by Gasteiger charge is -2.11. The maximum Gasteiger partial charge on any atom is 0.266 e. The summed E-state index contributed by atoms with van der Waals surface area (Å²) in [7, 11) is 1.59. The van der Waals surface area contributed by atoms with Crippen molar-refractivity contribution in [3.8, 4) is 17.0 Å². The molecule has 0 bridgehead atoms. The Labute approximate surface area is 196 Å². The summed E-state index contributed by atoms with van der Waals surface area (Å²) in [5, 5.41) is 7.20. The van der Waals surface area contributed by atoms with Gasteiger partial charge in [-0.05, 0) is 36.4 Å². The summed E-state index contributed by atoms with van der Waals surface area (Å²) in [6, 6.07) is 26.0. The van der Waals surface area contributed by atoms with E-state index in [-0.39, 0.29) is 35.9 Å². The molecule has 0 spiro atoms. The number of hydrogen-bond acceptors (Lipinski definition) is 5. The van der Waals surface area contributed by atoms with Gasteiger partial charge < -0.3 is 10.1 Å². The van der Waals surface area contributed by atoms with Crippen molar-refractivity contribution in [2.75, 3.05) is 13.7 Å². The van der Waals surface area contributed by atoms with Gasteiger partial charge in [-0.3, -0.25) is 14.4 Å². The summed E-state index contributed by atoms with van der Waals surface area (Å²) in [5.74, 6) is 0.112. The van der Waals surface area contributed by atoms with Gasteiger partial charge >= 0.3 is 0 Å². The maximum absolute atomic E-state index is 12.9. The fraction of sp³-hybridized carbons (Fsp3) is 0.111. The average Bonchev–Trinajstić information content (AvgIpc) is 2.90. The monoisotopic (exact) mass is 453 g/mol. The molecule has 3 aromatic carbocycles. The van der Waals surface area contributed by atoms with Crippen LogP contribution in [0.4, 0.5) is 0 Å². The van der Waals surface area contributed by atoms with Gasteiger partial charge in [0.25, 0.3) is 11.5 Å². The number of ketones is 1. The van der Waals surface area contributed by atoms with Crippen molar-refractivity contribution in [2.45, 2.75) is 6.54 Å². The number of aromatic nitrogens is 2. The van der Waals surface area contributed by atoms with E-state index < -0.39 is 0 Å². The number of methoxy groups -OCH3 is 1. The molecule has 1 aromatic heterocycles. The minimum atomic E-state index is -0.390. The molecule has 0 aliphatic heterocycles. The van der Waals surface area contributed by atoms with Crippen molar-refractivity contribution in [1.29, 1.82) is 0 Å². The highest BCUT2D eigenvalue weighted by Gasteiger charge is 2.17. The van der Waals surface area contributed by atoms with Crippen molar-refractivity contribution < 1.29 is 14.3 Å². The highest BCUT2D eigenvalue weighted by atomic mass is 16.5. The maximum atomic E-state index is 12.9. The van der Waals surface area contributed by atoms with E-state index in [1.807, 2.05) is 30.3 Å². The first kappa shape index (κ1) is 22.7. The van der Waals surface area contributed by atoms with Crippen molar-refractivity contribution in [2.24, 2.45) is 0 Å². The molecule has 1 amide bonds. The number of ether oxygens (including phenoxy) is 1. The van der Waals surface area contributed by atoms with E-state index in [0.29, 0.717) is 16.8 Å². The number of amides is 1. The van der Waals surface area contributed by atoms with Gasteiger partial charge in [-0.2, -0.15) is 5.10 Å². The van der Waals surface area contributed by atoms with E-state index in [1.165, 1.54) is 10.7 Å². The Kier molecular flexibility index (Phi) is 6.93. The number of carbonyl (C=O) groups is 2. The average molecular weight is 453 g/mol. The molecule has 0 radical (unpaired) electrons. The third-order valence-electron chi connectivity index (χ3n) is 5.31. The molecule has 0 fully saturated rings. The fourth-order valence-electron chi connectivity index (χ4n) is 3.52. The van der Waals surface area contributed by atoms with Crippen LogP contribution in [-0.4, -0.2) is 35.1 Å². The number of nitrogens with one attached hydrogen (secondary N) is 1. The van der Waals surface area contributed by atoms with Crippen molar-refractivity contribution >= 4 is 11.7 Å². The van der Waals surface area contributed by atoms with Crippen LogP contribution < -0.4 is 15.6 Å². The minimum absolute atomic E-state index is 0.172. The molecule has 34 heavy (non-hydrogen) atoms. The Morgan fingerprint density at radius 2 is 1.53 bits per heavy atom. The first-order valence-electron chi connectivity index (χ1n) is 10.8. The van der Waals surface area contributed by atoms with Crippen molar-refractivity contribution in [3.63, 3.8) is 0 Å². The van der Waals surface area contributed by atoms with E-state index in [2.05, 4.69) is 10.4 Å². The summed E-state index contributed by atoms with van der Waals surface area (Å²) < 4.78 is 6.48. The molecule has 7 heteroatoms. The van der Waals surface area contributed by atoms with Crippen LogP contribution in [0.15, 0.2) is 95.8 Å². The Hall–Kier alpha value is -4.52. The van der Waals surface area contributed by atoms with Crippen molar-refractivity contribution in [1.82, 2.24) is 15.1 Å². The molecule has 7 nitrogen and oxygen atoms in total. The third kappa shape index (κ3) is 5.10. The Morgan fingerprint density at radius 3 is 2.24 bits per heavy atom. The normalized spacial score (nSPS) is 10.5. The molecular formula is C27H23N3O4. The zero-order chi connectivity index (χ0) is 23.9. The molecule has 0 saturated carbocycles. The fourth-order valence-corrected chi connectivity index (χ4v) is 3.52. The van der Waals surface area contributed by atoms with Crippen LogP contribution in [0.1, 0.15) is 26.3 Å². The number of benzene rings is 3. The zero-order valence-electron chi connectivity index (χ0n) is 18.6. The molecular weight excluding hydrogens is 430 g/mol. The van der Waals surface area contributed by atoms with Crippen LogP contribution in [0.3, 0.4) is 0 Å². The Bertz CT molecular complexity index is 1360. The number of nitrogens with zero attached hydrogens (tertiary/aromatic N) is 2. The summed E-state index contributed by atoms with van der Waals surface area (Å²) in [6.07, 6.45) is 0. The largest absolute Gasteiger partial charge is 0.497 e. The van der Waals surface area contributed by atoms with Gasteiger partial charge in [0.15, 0.2) is 5.78 Å². The van der Waals surface area contributed by atoms with Gasteiger partial charge in [-0.25, -0.2) is 4.68 Å². The van der Waals surface area contributed by atoms with Crippen LogP contribution in [0.25, 0.3) is 11.3 Å². The van der Waals surface area contributed by atoms with Gasteiger partial charge in [0.1, 0.15) is 5.75 Å². The van der Waals surface area contributed by atoms with Crippen molar-refractivity contribution in [3.05, 3.63) is 118 Å². The quantitative estimate of drug-likeness (QED) is 0.412. The lowest BCUT2D eigenvalue weighted by molar-refractivity contribution is 0.0940. The summed E-state index contributed by atoms with van der Waals surface area (Å²) >= 11 is 0. The first-order valence-corrected chi connectivity index (χ1v) is 10.8. The minimum Gasteiger partial charge on any atom is -0.497 e. The van der Waals surface area contributed by atoms with Crippen LogP contribution in [0.5, 0.6) is 5.75 Å². The zero-order valence-corrected chi connectivity index (χ0v) is 18.6. The second kappa shape index (κ2) is 10.4. The topological polar surface area (TPSA) is 90.3 Å². The van der Waals surface area contributed by atoms with E-state index in [4.69, 9.17) is 4.74 Å². The standard InChI is InChI=1S/C27H23N3O4/c1-34-21-13-11-19(12-14-21)24-15-16-25(31)30(29-24)18-17-28-27(33)23-10-6-5-9-22(23)26(32)20-7-3-2-4-8-20/h2-16H,17-18H2,1H3,(H,28,33). The molecule has 4 aromatic rings. The second-order valence-electron chi connectivity index (χ2n) is 7.51. The number of hydrogen-bond donors (Lipinski definition) is 1. The lowest BCUT2D eigenvalue weighted by Crippen LogP contribution is -2.32. The van der Waals surface area contributed by atoms with E-state index in [1.54, 1.807) is 61.7 Å². The molecule has 0 aliphatic carbocycles. The van der Waals surface area contributed by atoms with Crippen LogP contribution in [-0.2, 0) is 6.54 Å². The molecule has 1 heterocycles. The number of carbonyl (C=O) groups excluding carboxylic acids is 2. The van der Waals surface area contributed by atoms with Crippen LogP contribution in [0.2, 0.25) is 0 Å². The first-order chi connectivity index (χ1) is 16.6. The molecule has 0 atom stereocenters. The molecule has 0 saturated heterocycles. The number of rotatable bonds is 8. The predicted octanol–water partition coefficient (Wildman–Crippen LogP) is 3.58. The lowest BCUT2D eigenvalue weighted by atomic mass is 9.98. The Morgan fingerprint density at radius 1 is 0.853 bits per heavy atom. The van der Waals surface area contributed by atoms with Gasteiger partial charge in [-0.15, -0.1) is 0 Å². The van der Waals surface area contributed by atoms with Gasteiger partial charge in [0.05, 0.1) is 24.9 Å². The summed E-state index contributed by atoms with van der Waals surface area (Å²) in [6.45, 7) is 0.356. The summed E-state index contributed by atoms with van der Waals surface area (Å²) in [4.78, 5) is 38.0. The SMILES string of the molecule is COc1ccc(-c2ccc(=O)n(CCNC(=O)c3ccccc3C(=O)c3ccccc3)n2)cc1. The van der Waals surface area contributed by atoms with Gasteiger partial charge in [0.2, 0.25) is 0 Å². The van der Waals surface area contributed by atoms with E-state index in [0.717, 1.165) is 11.3 Å². The molecule has 170 valence electrons. The van der Waals surface area contributed by atoms with E-state index in [9.17, 15) is 14.4 Å². The summed E-state index contributed by atoms with van der Waals surface area (Å²) in [5.41, 5.74) is 2.31. The molecule has 4 rings (SSSR count). The molecule has 0 aliphatic rings. The third-order valence-corrected chi connectivity index (χ3v) is 5.31. The molecule has 0 unspecified atom stereocenters.